The zero-order valence-corrected chi connectivity index (χ0v) is 12.8. The van der Waals surface area contributed by atoms with E-state index < -0.39 is 0 Å². The van der Waals surface area contributed by atoms with Crippen molar-refractivity contribution in [1.29, 1.82) is 0 Å². The Morgan fingerprint density at radius 2 is 1.75 bits per heavy atom. The third kappa shape index (κ3) is 2.69. The van der Waals surface area contributed by atoms with Gasteiger partial charge in [-0.25, -0.2) is 9.37 Å². The monoisotopic (exact) mass is 346 g/mol. The lowest BCUT2D eigenvalue weighted by atomic mass is 10.3. The van der Waals surface area contributed by atoms with Gasteiger partial charge in [0.2, 0.25) is 0 Å². The van der Waals surface area contributed by atoms with Crippen molar-refractivity contribution in [1.82, 2.24) is 4.98 Å². The average Bonchev–Trinajstić information content (AvgIpc) is 2.77. The smallest absolute Gasteiger partial charge is 0.188 e. The third-order valence-corrected chi connectivity index (χ3v) is 4.57. The Labute approximate surface area is 133 Å². The van der Waals surface area contributed by atoms with Crippen LogP contribution in [0.25, 0.3) is 10.2 Å². The van der Waals surface area contributed by atoms with Crippen LogP contribution >= 0.6 is 46.1 Å². The lowest BCUT2D eigenvalue weighted by Gasteiger charge is -2.06. The molecule has 0 amide bonds. The minimum Gasteiger partial charge on any atom is -0.330 e. The fraction of sp³-hybridized carbons (Fsp3) is 0. The molecule has 1 N–H and O–H groups in total. The Balaban J connectivity index is 1.99. The highest BCUT2D eigenvalue weighted by Gasteiger charge is 2.09. The zero-order valence-electron chi connectivity index (χ0n) is 9.75. The molecule has 0 fully saturated rings. The molecule has 0 atom stereocenters. The van der Waals surface area contributed by atoms with Crippen molar-refractivity contribution in [2.45, 2.75) is 0 Å². The molecule has 1 heterocycles. The molecule has 3 rings (SSSR count). The Morgan fingerprint density at radius 1 is 1.00 bits per heavy atom. The maximum absolute atomic E-state index is 13.1. The van der Waals surface area contributed by atoms with Crippen LogP contribution in [0.5, 0.6) is 0 Å². The molecule has 0 unspecified atom stereocenters. The first-order valence-corrected chi connectivity index (χ1v) is 7.45. The van der Waals surface area contributed by atoms with Crippen molar-refractivity contribution >= 4 is 67.2 Å². The first kappa shape index (κ1) is 13.9. The molecule has 0 saturated carbocycles. The summed E-state index contributed by atoms with van der Waals surface area (Å²) in [7, 11) is 0. The van der Waals surface area contributed by atoms with Crippen molar-refractivity contribution in [2.75, 3.05) is 5.32 Å². The molecule has 1 aromatic heterocycles. The maximum Gasteiger partial charge on any atom is 0.188 e. The number of thiazole rings is 1. The molecular formula is C13H6Cl3FN2S. The lowest BCUT2D eigenvalue weighted by molar-refractivity contribution is 0.630. The number of hydrogen-bond donors (Lipinski definition) is 1. The van der Waals surface area contributed by atoms with Crippen LogP contribution in [0.1, 0.15) is 0 Å². The van der Waals surface area contributed by atoms with E-state index in [1.54, 1.807) is 18.2 Å². The van der Waals surface area contributed by atoms with Gasteiger partial charge in [0, 0.05) is 0 Å². The average molecular weight is 348 g/mol. The number of anilines is 2. The number of benzene rings is 2. The summed E-state index contributed by atoms with van der Waals surface area (Å²) in [4.78, 5) is 4.35. The number of rotatable bonds is 2. The standard InChI is InChI=1S/C13H6Cl3FN2S/c14-7-4-9(16)11(5-8(7)15)19-13-18-10-2-1-6(17)3-12(10)20-13/h1-5H,(H,18,19). The van der Waals surface area contributed by atoms with Gasteiger partial charge >= 0.3 is 0 Å². The summed E-state index contributed by atoms with van der Waals surface area (Å²) in [6, 6.07) is 7.62. The van der Waals surface area contributed by atoms with Crippen molar-refractivity contribution < 1.29 is 4.39 Å². The number of fused-ring (bicyclic) bond motifs is 1. The van der Waals surface area contributed by atoms with Crippen LogP contribution < -0.4 is 5.32 Å². The van der Waals surface area contributed by atoms with Crippen LogP contribution in [-0.4, -0.2) is 4.98 Å². The molecule has 0 bridgehead atoms. The third-order valence-electron chi connectivity index (χ3n) is 2.60. The highest BCUT2D eigenvalue weighted by atomic mass is 35.5. The van der Waals surface area contributed by atoms with E-state index in [0.29, 0.717) is 25.9 Å². The molecule has 3 aromatic rings. The van der Waals surface area contributed by atoms with Gasteiger partial charge in [0.05, 0.1) is 31.0 Å². The predicted octanol–water partition coefficient (Wildman–Crippen LogP) is 6.14. The molecule has 0 spiro atoms. The zero-order chi connectivity index (χ0) is 14.3. The Morgan fingerprint density at radius 3 is 2.55 bits per heavy atom. The van der Waals surface area contributed by atoms with Gasteiger partial charge in [0.1, 0.15) is 5.82 Å². The number of hydrogen-bond acceptors (Lipinski definition) is 3. The molecule has 2 aromatic carbocycles. The van der Waals surface area contributed by atoms with Gasteiger partial charge < -0.3 is 5.32 Å². The summed E-state index contributed by atoms with van der Waals surface area (Å²) in [5, 5.41) is 4.87. The second-order valence-corrected chi connectivity index (χ2v) is 6.25. The van der Waals surface area contributed by atoms with E-state index in [9.17, 15) is 4.39 Å². The first-order valence-electron chi connectivity index (χ1n) is 5.50. The van der Waals surface area contributed by atoms with Crippen molar-refractivity contribution in [3.8, 4) is 0 Å². The highest BCUT2D eigenvalue weighted by molar-refractivity contribution is 7.22. The van der Waals surface area contributed by atoms with Crippen LogP contribution in [0.2, 0.25) is 15.1 Å². The van der Waals surface area contributed by atoms with Gasteiger partial charge in [-0.3, -0.25) is 0 Å². The Hall–Kier alpha value is -1.07. The van der Waals surface area contributed by atoms with E-state index in [1.807, 2.05) is 0 Å². The van der Waals surface area contributed by atoms with Crippen LogP contribution in [0, 0.1) is 5.82 Å². The van der Waals surface area contributed by atoms with Gasteiger partial charge in [-0.05, 0) is 30.3 Å². The maximum atomic E-state index is 13.1. The Kier molecular flexibility index (Phi) is 3.73. The quantitative estimate of drug-likeness (QED) is 0.563. The minimum absolute atomic E-state index is 0.291. The molecule has 2 nitrogen and oxygen atoms in total. The van der Waals surface area contributed by atoms with Crippen molar-refractivity contribution in [3.05, 3.63) is 51.2 Å². The summed E-state index contributed by atoms with van der Waals surface area (Å²) in [6.07, 6.45) is 0. The molecule has 0 saturated heterocycles. The summed E-state index contributed by atoms with van der Waals surface area (Å²) >= 11 is 19.2. The van der Waals surface area contributed by atoms with E-state index in [1.165, 1.54) is 23.5 Å². The summed E-state index contributed by atoms with van der Waals surface area (Å²) in [5.74, 6) is -0.291. The van der Waals surface area contributed by atoms with Crippen LogP contribution in [0.3, 0.4) is 0 Å². The summed E-state index contributed by atoms with van der Waals surface area (Å²) < 4.78 is 13.9. The lowest BCUT2D eigenvalue weighted by Crippen LogP contribution is -1.90. The van der Waals surface area contributed by atoms with Crippen LogP contribution in [0.15, 0.2) is 30.3 Å². The van der Waals surface area contributed by atoms with Crippen molar-refractivity contribution in [2.24, 2.45) is 0 Å². The van der Waals surface area contributed by atoms with E-state index in [2.05, 4.69) is 10.3 Å². The van der Waals surface area contributed by atoms with Gasteiger partial charge in [0.25, 0.3) is 0 Å². The number of nitrogens with zero attached hydrogens (tertiary/aromatic N) is 1. The second kappa shape index (κ2) is 5.37. The minimum atomic E-state index is -0.291. The Bertz CT molecular complexity index is 804. The SMILES string of the molecule is Fc1ccc2nc(Nc3cc(Cl)c(Cl)cc3Cl)sc2c1. The fourth-order valence-electron chi connectivity index (χ4n) is 1.69. The van der Waals surface area contributed by atoms with Crippen LogP contribution in [0.4, 0.5) is 15.2 Å². The normalized spacial score (nSPS) is 11.0. The second-order valence-electron chi connectivity index (χ2n) is 4.00. The van der Waals surface area contributed by atoms with E-state index >= 15 is 0 Å². The van der Waals surface area contributed by atoms with Gasteiger partial charge in [-0.15, -0.1) is 0 Å². The highest BCUT2D eigenvalue weighted by Crippen LogP contribution is 2.35. The molecule has 102 valence electrons. The summed E-state index contributed by atoms with van der Waals surface area (Å²) in [6.45, 7) is 0. The number of nitrogens with one attached hydrogen (secondary N) is 1. The van der Waals surface area contributed by atoms with Crippen molar-refractivity contribution in [3.63, 3.8) is 0 Å². The summed E-state index contributed by atoms with van der Waals surface area (Å²) in [5.41, 5.74) is 1.32. The van der Waals surface area contributed by atoms with Gasteiger partial charge in [-0.2, -0.15) is 0 Å². The predicted molar refractivity (Wildman–Crippen MR) is 84.3 cm³/mol. The topological polar surface area (TPSA) is 24.9 Å². The molecule has 0 aliphatic heterocycles. The van der Waals surface area contributed by atoms with E-state index in [-0.39, 0.29) is 5.82 Å². The van der Waals surface area contributed by atoms with Gasteiger partial charge in [-0.1, -0.05) is 46.1 Å². The largest absolute Gasteiger partial charge is 0.330 e. The molecule has 20 heavy (non-hydrogen) atoms. The fourth-order valence-corrected chi connectivity index (χ4v) is 3.18. The van der Waals surface area contributed by atoms with Crippen LogP contribution in [-0.2, 0) is 0 Å². The van der Waals surface area contributed by atoms with E-state index in [0.717, 1.165) is 10.2 Å². The number of aromatic nitrogens is 1. The first-order chi connectivity index (χ1) is 9.52. The van der Waals surface area contributed by atoms with Gasteiger partial charge in [0.15, 0.2) is 5.13 Å². The molecular weight excluding hydrogens is 342 g/mol. The molecule has 0 aliphatic rings. The molecule has 0 aliphatic carbocycles. The number of halogens is 4. The molecule has 0 radical (unpaired) electrons. The van der Waals surface area contributed by atoms with E-state index in [4.69, 9.17) is 34.8 Å². The molecule has 7 heteroatoms.